The third kappa shape index (κ3) is 6.48. The molecule has 1 aromatic carbocycles. The zero-order valence-corrected chi connectivity index (χ0v) is 14.4. The van der Waals surface area contributed by atoms with Crippen LogP contribution in [0.25, 0.3) is 5.57 Å². The molecule has 1 rings (SSSR count). The van der Waals surface area contributed by atoms with Crippen molar-refractivity contribution < 1.29 is 28.7 Å². The molecule has 6 nitrogen and oxygen atoms in total. The van der Waals surface area contributed by atoms with Gasteiger partial charge in [-0.05, 0) is 29.7 Å². The lowest BCUT2D eigenvalue weighted by molar-refractivity contribution is -0.147. The molecule has 0 unspecified atom stereocenters. The molecule has 0 N–H and O–H groups in total. The number of carbonyl (C=O) groups is 4. The average molecular weight is 344 g/mol. The third-order valence-corrected chi connectivity index (χ3v) is 2.88. The summed E-state index contributed by atoms with van der Waals surface area (Å²) in [4.78, 5) is 44.1. The molecule has 0 aliphatic carbocycles. The van der Waals surface area contributed by atoms with E-state index in [1.165, 1.54) is 12.1 Å². The number of rotatable bonds is 7. The van der Waals surface area contributed by atoms with E-state index in [0.29, 0.717) is 29.3 Å². The van der Waals surface area contributed by atoms with Crippen LogP contribution >= 0.6 is 0 Å². The van der Waals surface area contributed by atoms with Gasteiger partial charge in [0.15, 0.2) is 12.6 Å². The lowest BCUT2D eigenvalue weighted by Crippen LogP contribution is -2.08. The van der Waals surface area contributed by atoms with E-state index >= 15 is 0 Å². The van der Waals surface area contributed by atoms with E-state index in [4.69, 9.17) is 0 Å². The average Bonchev–Trinajstić information content (AvgIpc) is 2.59. The Morgan fingerprint density at radius 1 is 1.08 bits per heavy atom. The minimum Gasteiger partial charge on any atom is -0.392 e. The van der Waals surface area contributed by atoms with Gasteiger partial charge in [0, 0.05) is 25.3 Å². The van der Waals surface area contributed by atoms with Crippen LogP contribution in [-0.2, 0) is 19.1 Å². The maximum absolute atomic E-state index is 11.7. The molecule has 0 saturated carbocycles. The van der Waals surface area contributed by atoms with Gasteiger partial charge in [-0.15, -0.1) is 0 Å². The zero-order valence-electron chi connectivity index (χ0n) is 14.4. The summed E-state index contributed by atoms with van der Waals surface area (Å²) in [6, 6.07) is 4.68. The molecule has 0 fully saturated rings. The van der Waals surface area contributed by atoms with Gasteiger partial charge in [-0.25, -0.2) is 4.79 Å². The molecule has 0 radical (unpaired) electrons. The van der Waals surface area contributed by atoms with Crippen LogP contribution in [0.5, 0.6) is 0 Å². The van der Waals surface area contributed by atoms with Crippen LogP contribution < -0.4 is 0 Å². The maximum atomic E-state index is 11.7. The van der Waals surface area contributed by atoms with Crippen LogP contribution in [-0.4, -0.2) is 39.2 Å². The van der Waals surface area contributed by atoms with Crippen LogP contribution in [0.3, 0.4) is 0 Å². The first kappa shape index (κ1) is 21.9. The Bertz CT molecular complexity index is 713. The smallest absolute Gasteiger partial charge is 0.345 e. The number of hydrogen-bond donors (Lipinski definition) is 0. The summed E-state index contributed by atoms with van der Waals surface area (Å²) in [7, 11) is 3.25. The second-order valence-corrected chi connectivity index (χ2v) is 4.82. The minimum atomic E-state index is -0.872. The Kier molecular flexibility index (Phi) is 10.00. The molecule has 0 spiro atoms. The molecular weight excluding hydrogens is 324 g/mol. The molecule has 0 heterocycles. The summed E-state index contributed by atoms with van der Waals surface area (Å²) in [6.07, 6.45) is 2.46. The highest BCUT2D eigenvalue weighted by molar-refractivity contribution is 6.01. The Morgan fingerprint density at radius 2 is 1.68 bits per heavy atom. The van der Waals surface area contributed by atoms with Gasteiger partial charge in [-0.2, -0.15) is 0 Å². The van der Waals surface area contributed by atoms with Crippen molar-refractivity contribution in [1.29, 1.82) is 0 Å². The fourth-order valence-electron chi connectivity index (χ4n) is 1.81. The maximum Gasteiger partial charge on any atom is 0.345 e. The second kappa shape index (κ2) is 11.4. The number of esters is 1. The highest BCUT2D eigenvalue weighted by atomic mass is 16.6. The topological polar surface area (TPSA) is 86.7 Å². The van der Waals surface area contributed by atoms with Crippen molar-refractivity contribution in [2.24, 2.45) is 0 Å². The van der Waals surface area contributed by atoms with E-state index in [0.717, 1.165) is 0 Å². The van der Waals surface area contributed by atoms with E-state index in [1.807, 2.05) is 0 Å². The Morgan fingerprint density at radius 3 is 2.12 bits per heavy atom. The fraction of sp³-hybridized carbons (Fsp3) is 0.158. The van der Waals surface area contributed by atoms with Gasteiger partial charge in [0.1, 0.15) is 0 Å². The molecule has 25 heavy (non-hydrogen) atoms. The first-order valence-corrected chi connectivity index (χ1v) is 7.02. The Hall–Kier alpha value is -3.12. The molecule has 132 valence electrons. The van der Waals surface area contributed by atoms with Crippen molar-refractivity contribution in [2.45, 2.75) is 6.92 Å². The van der Waals surface area contributed by atoms with Crippen molar-refractivity contribution in [1.82, 2.24) is 0 Å². The summed E-state index contributed by atoms with van der Waals surface area (Å²) in [6.45, 7) is 9.00. The Labute approximate surface area is 146 Å². The van der Waals surface area contributed by atoms with Crippen molar-refractivity contribution in [3.63, 3.8) is 0 Å². The molecular formula is C19H20O6. The van der Waals surface area contributed by atoms with Gasteiger partial charge in [0.25, 0.3) is 0 Å². The normalized spacial score (nSPS) is 9.96. The van der Waals surface area contributed by atoms with Crippen LogP contribution in [0, 0.1) is 0 Å². The predicted molar refractivity (Wildman–Crippen MR) is 94.2 cm³/mol. The Balaban J connectivity index is 0.00000178. The summed E-state index contributed by atoms with van der Waals surface area (Å²) in [5.74, 6) is -0.872. The first-order valence-electron chi connectivity index (χ1n) is 7.02. The van der Waals surface area contributed by atoms with Crippen LogP contribution in [0.2, 0.25) is 0 Å². The number of methoxy groups -OCH3 is 1. The summed E-state index contributed by atoms with van der Waals surface area (Å²) < 4.78 is 8.54. The molecule has 0 bridgehead atoms. The number of aldehydes is 2. The van der Waals surface area contributed by atoms with Gasteiger partial charge in [0.2, 0.25) is 0 Å². The number of benzene rings is 1. The molecule has 0 atom stereocenters. The van der Waals surface area contributed by atoms with Crippen molar-refractivity contribution >= 4 is 30.6 Å². The zero-order chi connectivity index (χ0) is 19.4. The van der Waals surface area contributed by atoms with Gasteiger partial charge < -0.3 is 9.47 Å². The van der Waals surface area contributed by atoms with E-state index in [2.05, 4.69) is 22.6 Å². The SMILES string of the molecule is C=C(C)/C(=C\C(=C)c1cccc(C=O)c1C=O)C(=O)OC=O.COC. The van der Waals surface area contributed by atoms with Crippen LogP contribution in [0.15, 0.2) is 48.6 Å². The molecule has 1 aromatic rings. The van der Waals surface area contributed by atoms with E-state index in [1.54, 1.807) is 33.3 Å². The molecule has 0 saturated heterocycles. The van der Waals surface area contributed by atoms with Crippen LogP contribution in [0.1, 0.15) is 33.2 Å². The minimum absolute atomic E-state index is 0.0196. The largest absolute Gasteiger partial charge is 0.392 e. The molecule has 0 aliphatic heterocycles. The van der Waals surface area contributed by atoms with E-state index in [-0.39, 0.29) is 23.2 Å². The highest BCUT2D eigenvalue weighted by Crippen LogP contribution is 2.23. The van der Waals surface area contributed by atoms with Gasteiger partial charge >= 0.3 is 12.4 Å². The van der Waals surface area contributed by atoms with E-state index < -0.39 is 5.97 Å². The number of hydrogen-bond acceptors (Lipinski definition) is 6. The monoisotopic (exact) mass is 344 g/mol. The lowest BCUT2D eigenvalue weighted by atomic mass is 9.95. The highest BCUT2D eigenvalue weighted by Gasteiger charge is 2.14. The first-order chi connectivity index (χ1) is 11.9. The van der Waals surface area contributed by atoms with E-state index in [9.17, 15) is 19.2 Å². The number of carbonyl (C=O) groups excluding carboxylic acids is 4. The number of allylic oxidation sites excluding steroid dienone is 2. The molecule has 0 amide bonds. The molecule has 0 aromatic heterocycles. The summed E-state index contributed by atoms with van der Waals surface area (Å²) in [5.41, 5.74) is 1.51. The van der Waals surface area contributed by atoms with Crippen LogP contribution in [0.4, 0.5) is 0 Å². The summed E-state index contributed by atoms with van der Waals surface area (Å²) >= 11 is 0. The second-order valence-electron chi connectivity index (χ2n) is 4.82. The fourth-order valence-corrected chi connectivity index (χ4v) is 1.81. The lowest BCUT2D eigenvalue weighted by Gasteiger charge is -2.09. The van der Waals surface area contributed by atoms with Crippen molar-refractivity contribution in [3.8, 4) is 0 Å². The van der Waals surface area contributed by atoms with Crippen molar-refractivity contribution in [2.75, 3.05) is 14.2 Å². The third-order valence-electron chi connectivity index (χ3n) is 2.88. The predicted octanol–water partition coefficient (Wildman–Crippen LogP) is 2.79. The van der Waals surface area contributed by atoms with Gasteiger partial charge in [0.05, 0.1) is 5.57 Å². The van der Waals surface area contributed by atoms with Crippen molar-refractivity contribution in [3.05, 3.63) is 65.3 Å². The standard InChI is InChI=1S/C17H14O5.C2H6O/c1-11(2)15(17(21)22-10-20)7-12(3)14-6-4-5-13(8-18)16(14)9-19;1-3-2/h4-10H,1,3H2,2H3;1-2H3/b15-7+;. The van der Waals surface area contributed by atoms with Gasteiger partial charge in [-0.1, -0.05) is 31.4 Å². The van der Waals surface area contributed by atoms with Gasteiger partial charge in [-0.3, -0.25) is 14.4 Å². The number of ether oxygens (including phenoxy) is 2. The molecule has 6 heteroatoms. The quantitative estimate of drug-likeness (QED) is 0.248. The molecule has 0 aliphatic rings. The summed E-state index contributed by atoms with van der Waals surface area (Å²) in [5, 5.41) is 0.